The number of ketones is 1. The van der Waals surface area contributed by atoms with Crippen molar-refractivity contribution in [1.29, 1.82) is 0 Å². The fourth-order valence-electron chi connectivity index (χ4n) is 3.86. The molecule has 6 heteroatoms. The molecule has 1 amide bonds. The maximum Gasteiger partial charge on any atom is 0.295 e. The van der Waals surface area contributed by atoms with Crippen molar-refractivity contribution < 1.29 is 19.4 Å². The number of carbonyl (C=O) groups excluding carboxylic acids is 2. The second kappa shape index (κ2) is 9.02. The maximum absolute atomic E-state index is 13.1. The van der Waals surface area contributed by atoms with Gasteiger partial charge in [0.15, 0.2) is 0 Å². The lowest BCUT2D eigenvalue weighted by molar-refractivity contribution is -0.140. The first kappa shape index (κ1) is 22.7. The highest BCUT2D eigenvalue weighted by atomic mass is 16.5. The number of Topliss-reactive ketones (excluding diaryl/α,β-unsaturated/α-hetero) is 1. The fourth-order valence-corrected chi connectivity index (χ4v) is 3.86. The lowest BCUT2D eigenvalue weighted by Gasteiger charge is -2.25. The SMILES string of the molecule is COCCCN1C(=O)C(=O)/C(=C(/O)c2cc(C(C)(C)C)ccc2C)C1c1cccnc1. The Labute approximate surface area is 183 Å². The first-order valence-electron chi connectivity index (χ1n) is 10.5. The van der Waals surface area contributed by atoms with E-state index in [1.54, 1.807) is 25.6 Å². The summed E-state index contributed by atoms with van der Waals surface area (Å²) in [6, 6.07) is 8.75. The van der Waals surface area contributed by atoms with Crippen molar-refractivity contribution in [2.75, 3.05) is 20.3 Å². The zero-order valence-corrected chi connectivity index (χ0v) is 18.8. The average Bonchev–Trinajstić information content (AvgIpc) is 2.98. The summed E-state index contributed by atoms with van der Waals surface area (Å²) in [6.45, 7) is 8.96. The molecule has 1 aliphatic heterocycles. The van der Waals surface area contributed by atoms with Crippen molar-refractivity contribution in [3.05, 3.63) is 70.6 Å². The lowest BCUT2D eigenvalue weighted by Crippen LogP contribution is -2.31. The first-order valence-corrected chi connectivity index (χ1v) is 10.5. The van der Waals surface area contributed by atoms with Crippen LogP contribution in [0.15, 0.2) is 48.3 Å². The van der Waals surface area contributed by atoms with Gasteiger partial charge in [-0.1, -0.05) is 39.0 Å². The van der Waals surface area contributed by atoms with Crippen LogP contribution in [0.2, 0.25) is 0 Å². The third kappa shape index (κ3) is 4.54. The van der Waals surface area contributed by atoms with Gasteiger partial charge in [-0.2, -0.15) is 0 Å². The molecule has 3 rings (SSSR count). The molecule has 31 heavy (non-hydrogen) atoms. The molecule has 1 N–H and O–H groups in total. The standard InChI is InChI=1S/C25H30N2O4/c1-16-9-10-18(25(2,3)4)14-19(16)22(28)20-21(17-8-6-11-26-15-17)27(12-7-13-31-5)24(30)23(20)29/h6,8-11,14-15,21,28H,7,12-13H2,1-5H3/b22-20+. The van der Waals surface area contributed by atoms with E-state index in [0.717, 1.165) is 11.1 Å². The number of aliphatic hydroxyl groups excluding tert-OH is 1. The molecule has 1 aromatic heterocycles. The molecule has 0 radical (unpaired) electrons. The molecule has 1 aromatic carbocycles. The molecule has 0 bridgehead atoms. The Morgan fingerprint density at radius 1 is 1.23 bits per heavy atom. The van der Waals surface area contributed by atoms with Crippen LogP contribution in [0.4, 0.5) is 0 Å². The van der Waals surface area contributed by atoms with Crippen LogP contribution in [0.25, 0.3) is 5.76 Å². The lowest BCUT2D eigenvalue weighted by atomic mass is 9.84. The number of carbonyl (C=O) groups is 2. The number of aryl methyl sites for hydroxylation is 1. The van der Waals surface area contributed by atoms with E-state index in [9.17, 15) is 14.7 Å². The summed E-state index contributed by atoms with van der Waals surface area (Å²) in [6.07, 6.45) is 3.85. The number of ether oxygens (including phenoxy) is 1. The minimum Gasteiger partial charge on any atom is -0.507 e. The van der Waals surface area contributed by atoms with E-state index in [4.69, 9.17) is 4.74 Å². The number of hydrogen-bond donors (Lipinski definition) is 1. The van der Waals surface area contributed by atoms with Gasteiger partial charge in [-0.05, 0) is 47.6 Å². The Morgan fingerprint density at radius 3 is 2.58 bits per heavy atom. The summed E-state index contributed by atoms with van der Waals surface area (Å²) in [4.78, 5) is 31.7. The highest BCUT2D eigenvalue weighted by Crippen LogP contribution is 2.40. The van der Waals surface area contributed by atoms with Crippen molar-refractivity contribution in [3.63, 3.8) is 0 Å². The normalized spacial score (nSPS) is 18.6. The fraction of sp³-hybridized carbons (Fsp3) is 0.400. The van der Waals surface area contributed by atoms with Crippen molar-refractivity contribution in [1.82, 2.24) is 9.88 Å². The third-order valence-corrected chi connectivity index (χ3v) is 5.65. The van der Waals surface area contributed by atoms with Crippen molar-refractivity contribution in [2.45, 2.75) is 45.6 Å². The molecule has 2 aromatic rings. The number of methoxy groups -OCH3 is 1. The van der Waals surface area contributed by atoms with Gasteiger partial charge in [0.05, 0.1) is 11.6 Å². The maximum atomic E-state index is 13.1. The predicted molar refractivity (Wildman–Crippen MR) is 120 cm³/mol. The van der Waals surface area contributed by atoms with Crippen LogP contribution in [0.1, 0.15) is 55.5 Å². The summed E-state index contributed by atoms with van der Waals surface area (Å²) < 4.78 is 5.11. The summed E-state index contributed by atoms with van der Waals surface area (Å²) >= 11 is 0. The average molecular weight is 423 g/mol. The van der Waals surface area contributed by atoms with Crippen LogP contribution in [0, 0.1) is 6.92 Å². The summed E-state index contributed by atoms with van der Waals surface area (Å²) in [7, 11) is 1.59. The smallest absolute Gasteiger partial charge is 0.295 e. The number of likely N-dealkylation sites (tertiary alicyclic amines) is 1. The molecule has 0 saturated carbocycles. The number of pyridine rings is 1. The van der Waals surface area contributed by atoms with Crippen LogP contribution in [0.5, 0.6) is 0 Å². The van der Waals surface area contributed by atoms with Gasteiger partial charge in [-0.15, -0.1) is 0 Å². The van der Waals surface area contributed by atoms with E-state index in [1.807, 2.05) is 31.2 Å². The topological polar surface area (TPSA) is 79.7 Å². The number of hydrogen-bond acceptors (Lipinski definition) is 5. The molecule has 164 valence electrons. The van der Waals surface area contributed by atoms with E-state index in [-0.39, 0.29) is 16.7 Å². The molecule has 6 nitrogen and oxygen atoms in total. The largest absolute Gasteiger partial charge is 0.507 e. The molecule has 2 heterocycles. The summed E-state index contributed by atoms with van der Waals surface area (Å²) in [5.41, 5.74) is 3.09. The number of benzene rings is 1. The summed E-state index contributed by atoms with van der Waals surface area (Å²) in [5, 5.41) is 11.3. The second-order valence-corrected chi connectivity index (χ2v) is 8.90. The van der Waals surface area contributed by atoms with Crippen LogP contribution < -0.4 is 0 Å². The van der Waals surface area contributed by atoms with Crippen LogP contribution in [0.3, 0.4) is 0 Å². The third-order valence-electron chi connectivity index (χ3n) is 5.65. The second-order valence-electron chi connectivity index (χ2n) is 8.90. The summed E-state index contributed by atoms with van der Waals surface area (Å²) in [5.74, 6) is -1.44. The van der Waals surface area contributed by atoms with Gasteiger partial charge in [0, 0.05) is 38.2 Å². The minimum absolute atomic E-state index is 0.101. The van der Waals surface area contributed by atoms with Crippen LogP contribution in [-0.4, -0.2) is 46.9 Å². The van der Waals surface area contributed by atoms with Crippen LogP contribution >= 0.6 is 0 Å². The highest BCUT2D eigenvalue weighted by Gasteiger charge is 2.46. The monoisotopic (exact) mass is 422 g/mol. The van der Waals surface area contributed by atoms with Gasteiger partial charge in [0.1, 0.15) is 5.76 Å². The molecule has 0 aliphatic carbocycles. The van der Waals surface area contributed by atoms with E-state index < -0.39 is 17.7 Å². The number of amides is 1. The molecular formula is C25H30N2O4. The zero-order valence-electron chi connectivity index (χ0n) is 18.8. The van der Waals surface area contributed by atoms with Gasteiger partial charge in [-0.25, -0.2) is 0 Å². The van der Waals surface area contributed by atoms with Gasteiger partial charge in [0.25, 0.3) is 11.7 Å². The highest BCUT2D eigenvalue weighted by molar-refractivity contribution is 6.46. The molecule has 1 fully saturated rings. The van der Waals surface area contributed by atoms with Gasteiger partial charge >= 0.3 is 0 Å². The molecule has 1 atom stereocenters. The van der Waals surface area contributed by atoms with E-state index in [2.05, 4.69) is 25.8 Å². The molecule has 1 saturated heterocycles. The van der Waals surface area contributed by atoms with E-state index in [1.165, 1.54) is 4.90 Å². The zero-order chi connectivity index (χ0) is 22.8. The molecule has 1 unspecified atom stereocenters. The van der Waals surface area contributed by atoms with Crippen molar-refractivity contribution >= 4 is 17.4 Å². The Morgan fingerprint density at radius 2 is 1.97 bits per heavy atom. The Kier molecular flexibility index (Phi) is 6.60. The minimum atomic E-state index is -0.691. The predicted octanol–water partition coefficient (Wildman–Crippen LogP) is 4.15. The van der Waals surface area contributed by atoms with Gasteiger partial charge in [0.2, 0.25) is 0 Å². The molecule has 1 aliphatic rings. The Balaban J connectivity index is 2.17. The van der Waals surface area contributed by atoms with E-state index >= 15 is 0 Å². The molecule has 0 spiro atoms. The number of aliphatic hydroxyl groups is 1. The van der Waals surface area contributed by atoms with Gasteiger partial charge in [-0.3, -0.25) is 14.6 Å². The van der Waals surface area contributed by atoms with Crippen molar-refractivity contribution in [3.8, 4) is 0 Å². The Bertz CT molecular complexity index is 1010. The van der Waals surface area contributed by atoms with Crippen LogP contribution in [-0.2, 0) is 19.7 Å². The van der Waals surface area contributed by atoms with Gasteiger partial charge < -0.3 is 14.7 Å². The number of aromatic nitrogens is 1. The Hall–Kier alpha value is -2.99. The number of rotatable bonds is 6. The number of nitrogens with zero attached hydrogens (tertiary/aromatic N) is 2. The first-order chi connectivity index (χ1) is 14.7. The molecular weight excluding hydrogens is 392 g/mol. The quantitative estimate of drug-likeness (QED) is 0.327. The van der Waals surface area contributed by atoms with E-state index in [0.29, 0.717) is 30.7 Å². The van der Waals surface area contributed by atoms with Crippen molar-refractivity contribution in [2.24, 2.45) is 0 Å².